The molecule has 0 fully saturated rings. The molecular weight excluding hydrogens is 230 g/mol. The van der Waals surface area contributed by atoms with Gasteiger partial charge in [-0.25, -0.2) is 9.78 Å². The molecule has 2 aromatic rings. The number of pyridine rings is 1. The number of carbonyl (C=O) groups excluding carboxylic acids is 1. The molecule has 18 heavy (non-hydrogen) atoms. The maximum atomic E-state index is 11.5. The van der Waals surface area contributed by atoms with Crippen molar-refractivity contribution in [2.75, 3.05) is 11.1 Å². The highest BCUT2D eigenvalue weighted by atomic mass is 16.5. The van der Waals surface area contributed by atoms with E-state index in [1.165, 1.54) is 0 Å². The van der Waals surface area contributed by atoms with Crippen LogP contribution in [0.5, 0.6) is 0 Å². The Labute approximate surface area is 105 Å². The van der Waals surface area contributed by atoms with Crippen LogP contribution in [0.3, 0.4) is 0 Å². The number of nitrogens with one attached hydrogen (secondary N) is 1. The Morgan fingerprint density at radius 1 is 1.17 bits per heavy atom. The molecule has 0 unspecified atom stereocenters. The summed E-state index contributed by atoms with van der Waals surface area (Å²) in [5, 5.41) is 2.50. The zero-order valence-corrected chi connectivity index (χ0v) is 9.67. The van der Waals surface area contributed by atoms with Gasteiger partial charge >= 0.3 is 6.09 Å². The van der Waals surface area contributed by atoms with Gasteiger partial charge in [0.1, 0.15) is 18.2 Å². The minimum Gasteiger partial charge on any atom is -0.444 e. The first-order valence-electron chi connectivity index (χ1n) is 5.44. The lowest BCUT2D eigenvalue weighted by Crippen LogP contribution is -2.14. The summed E-state index contributed by atoms with van der Waals surface area (Å²) in [5.74, 6) is 0.712. The van der Waals surface area contributed by atoms with Crippen LogP contribution in [0, 0.1) is 0 Å². The van der Waals surface area contributed by atoms with E-state index in [1.54, 1.807) is 18.2 Å². The van der Waals surface area contributed by atoms with Gasteiger partial charge < -0.3 is 10.5 Å². The van der Waals surface area contributed by atoms with E-state index in [1.807, 2.05) is 30.3 Å². The lowest BCUT2D eigenvalue weighted by Gasteiger charge is -2.06. The number of hydrogen-bond donors (Lipinski definition) is 2. The van der Waals surface area contributed by atoms with Crippen LogP contribution in [0.2, 0.25) is 0 Å². The molecule has 0 aliphatic heterocycles. The lowest BCUT2D eigenvalue weighted by atomic mass is 10.2. The number of nitrogens with two attached hydrogens (primary N) is 1. The van der Waals surface area contributed by atoms with Crippen LogP contribution in [0.15, 0.2) is 48.5 Å². The molecule has 0 saturated carbocycles. The molecule has 1 amide bonds. The molecule has 0 aliphatic rings. The SMILES string of the molecule is Nc1cccc(NC(=O)OCc2ccccc2)n1. The maximum absolute atomic E-state index is 11.5. The molecular formula is C13H13N3O2. The largest absolute Gasteiger partial charge is 0.444 e. The molecule has 3 N–H and O–H groups in total. The number of nitrogen functional groups attached to an aromatic ring is 1. The third-order valence-electron chi connectivity index (χ3n) is 2.21. The molecule has 1 aromatic heterocycles. The molecule has 0 bridgehead atoms. The van der Waals surface area contributed by atoms with E-state index in [4.69, 9.17) is 10.5 Å². The number of aromatic nitrogens is 1. The van der Waals surface area contributed by atoms with Gasteiger partial charge in [-0.05, 0) is 17.7 Å². The number of rotatable bonds is 3. The molecule has 92 valence electrons. The molecule has 1 heterocycles. The minimum atomic E-state index is -0.558. The van der Waals surface area contributed by atoms with Crippen molar-refractivity contribution in [1.82, 2.24) is 4.98 Å². The Hall–Kier alpha value is -2.56. The highest BCUT2D eigenvalue weighted by Crippen LogP contribution is 2.07. The van der Waals surface area contributed by atoms with E-state index in [2.05, 4.69) is 10.3 Å². The summed E-state index contributed by atoms with van der Waals surface area (Å²) in [4.78, 5) is 15.4. The fourth-order valence-corrected chi connectivity index (χ4v) is 1.38. The zero-order valence-electron chi connectivity index (χ0n) is 9.67. The molecule has 0 spiro atoms. The summed E-state index contributed by atoms with van der Waals surface area (Å²) in [6.45, 7) is 0.217. The summed E-state index contributed by atoms with van der Waals surface area (Å²) in [6.07, 6.45) is -0.558. The van der Waals surface area contributed by atoms with Crippen molar-refractivity contribution in [3.05, 3.63) is 54.1 Å². The Morgan fingerprint density at radius 2 is 1.94 bits per heavy atom. The number of benzene rings is 1. The van der Waals surface area contributed by atoms with Crippen LogP contribution in [-0.2, 0) is 11.3 Å². The molecule has 0 radical (unpaired) electrons. The molecule has 2 rings (SSSR count). The highest BCUT2D eigenvalue weighted by molar-refractivity contribution is 5.83. The van der Waals surface area contributed by atoms with Crippen LogP contribution < -0.4 is 11.1 Å². The summed E-state index contributed by atoms with van der Waals surface area (Å²) >= 11 is 0. The Bertz CT molecular complexity index is 529. The maximum Gasteiger partial charge on any atom is 0.413 e. The average Bonchev–Trinajstić information content (AvgIpc) is 2.38. The fourth-order valence-electron chi connectivity index (χ4n) is 1.38. The van der Waals surface area contributed by atoms with Crippen molar-refractivity contribution in [2.24, 2.45) is 0 Å². The predicted octanol–water partition coefficient (Wildman–Crippen LogP) is 2.41. The molecule has 0 aliphatic carbocycles. The van der Waals surface area contributed by atoms with Crippen molar-refractivity contribution < 1.29 is 9.53 Å². The second-order valence-electron chi connectivity index (χ2n) is 3.63. The third kappa shape index (κ3) is 3.48. The summed E-state index contributed by atoms with van der Waals surface area (Å²) in [6, 6.07) is 14.4. The number of carbonyl (C=O) groups is 1. The number of nitrogens with zero attached hydrogens (tertiary/aromatic N) is 1. The summed E-state index contributed by atoms with van der Waals surface area (Å²) < 4.78 is 5.04. The summed E-state index contributed by atoms with van der Waals surface area (Å²) in [5.41, 5.74) is 6.42. The zero-order chi connectivity index (χ0) is 12.8. The van der Waals surface area contributed by atoms with E-state index in [0.717, 1.165) is 5.56 Å². The van der Waals surface area contributed by atoms with Crippen LogP contribution in [-0.4, -0.2) is 11.1 Å². The second kappa shape index (κ2) is 5.67. The van der Waals surface area contributed by atoms with E-state index < -0.39 is 6.09 Å². The first kappa shape index (κ1) is 11.9. The van der Waals surface area contributed by atoms with E-state index in [0.29, 0.717) is 11.6 Å². The van der Waals surface area contributed by atoms with Crippen LogP contribution in [0.1, 0.15) is 5.56 Å². The van der Waals surface area contributed by atoms with Gasteiger partial charge in [0.05, 0.1) is 0 Å². The van der Waals surface area contributed by atoms with Crippen molar-refractivity contribution in [3.8, 4) is 0 Å². The van der Waals surface area contributed by atoms with Crippen LogP contribution in [0.4, 0.5) is 16.4 Å². The number of amides is 1. The summed E-state index contributed by atoms with van der Waals surface area (Å²) in [7, 11) is 0. The van der Waals surface area contributed by atoms with Gasteiger partial charge in [0, 0.05) is 0 Å². The third-order valence-corrected chi connectivity index (χ3v) is 2.21. The van der Waals surface area contributed by atoms with Crippen molar-refractivity contribution in [1.29, 1.82) is 0 Å². The van der Waals surface area contributed by atoms with Crippen LogP contribution in [0.25, 0.3) is 0 Å². The molecule has 0 atom stereocenters. The van der Waals surface area contributed by atoms with Gasteiger partial charge in [0.15, 0.2) is 0 Å². The minimum absolute atomic E-state index is 0.217. The van der Waals surface area contributed by atoms with Gasteiger partial charge in [0.2, 0.25) is 0 Å². The fraction of sp³-hybridized carbons (Fsp3) is 0.0769. The van der Waals surface area contributed by atoms with Gasteiger partial charge in [-0.15, -0.1) is 0 Å². The highest BCUT2D eigenvalue weighted by Gasteiger charge is 2.04. The Kier molecular flexibility index (Phi) is 3.76. The number of ether oxygens (including phenoxy) is 1. The van der Waals surface area contributed by atoms with Crippen molar-refractivity contribution in [3.63, 3.8) is 0 Å². The second-order valence-corrected chi connectivity index (χ2v) is 3.63. The molecule has 5 nitrogen and oxygen atoms in total. The lowest BCUT2D eigenvalue weighted by molar-refractivity contribution is 0.155. The molecule has 1 aromatic carbocycles. The standard InChI is InChI=1S/C13H13N3O2/c14-11-7-4-8-12(15-11)16-13(17)18-9-10-5-2-1-3-6-10/h1-8H,9H2,(H3,14,15,16,17). The quantitative estimate of drug-likeness (QED) is 0.867. The van der Waals surface area contributed by atoms with Gasteiger partial charge in [-0.1, -0.05) is 36.4 Å². The Balaban J connectivity index is 1.86. The monoisotopic (exact) mass is 243 g/mol. The van der Waals surface area contributed by atoms with Crippen molar-refractivity contribution >= 4 is 17.7 Å². The number of hydrogen-bond acceptors (Lipinski definition) is 4. The van der Waals surface area contributed by atoms with Gasteiger partial charge in [0.25, 0.3) is 0 Å². The molecule has 5 heteroatoms. The average molecular weight is 243 g/mol. The van der Waals surface area contributed by atoms with Crippen molar-refractivity contribution in [2.45, 2.75) is 6.61 Å². The molecule has 0 saturated heterocycles. The Morgan fingerprint density at radius 3 is 2.67 bits per heavy atom. The number of anilines is 2. The van der Waals surface area contributed by atoms with E-state index in [9.17, 15) is 4.79 Å². The van der Waals surface area contributed by atoms with Gasteiger partial charge in [-0.2, -0.15) is 0 Å². The normalized spacial score (nSPS) is 9.78. The topological polar surface area (TPSA) is 77.2 Å². The predicted molar refractivity (Wildman–Crippen MR) is 68.9 cm³/mol. The van der Waals surface area contributed by atoms with Gasteiger partial charge in [-0.3, -0.25) is 5.32 Å². The van der Waals surface area contributed by atoms with Crippen LogP contribution >= 0.6 is 0 Å². The first-order chi connectivity index (χ1) is 8.74. The van der Waals surface area contributed by atoms with E-state index >= 15 is 0 Å². The smallest absolute Gasteiger partial charge is 0.413 e. The van der Waals surface area contributed by atoms with E-state index in [-0.39, 0.29) is 6.61 Å². The first-order valence-corrected chi connectivity index (χ1v) is 5.44.